The summed E-state index contributed by atoms with van der Waals surface area (Å²) in [6, 6.07) is 3.95. The van der Waals surface area contributed by atoms with Crippen LogP contribution in [0.25, 0.3) is 11.4 Å². The zero-order chi connectivity index (χ0) is 14.9. The largest absolute Gasteiger partial charge is 0.496 e. The standard InChI is InChI=1S/C14H17ClN4O/c1-8-6-7-10(11(20-5)9(8)2)12-16-13(15)18-14(17-12)19(3)4/h6-7H,1-5H3. The summed E-state index contributed by atoms with van der Waals surface area (Å²) in [5.41, 5.74) is 3.02. The van der Waals surface area contributed by atoms with E-state index in [9.17, 15) is 0 Å². The number of anilines is 1. The monoisotopic (exact) mass is 292 g/mol. The number of nitrogens with zero attached hydrogens (tertiary/aromatic N) is 4. The lowest BCUT2D eigenvalue weighted by Gasteiger charge is -2.15. The minimum atomic E-state index is 0.166. The number of aryl methyl sites for hydroxylation is 1. The second-order valence-electron chi connectivity index (χ2n) is 4.71. The lowest BCUT2D eigenvalue weighted by atomic mass is 10.0. The van der Waals surface area contributed by atoms with Gasteiger partial charge in [0.05, 0.1) is 12.7 Å². The fourth-order valence-electron chi connectivity index (χ4n) is 1.89. The van der Waals surface area contributed by atoms with E-state index in [-0.39, 0.29) is 5.28 Å². The molecule has 0 N–H and O–H groups in total. The number of aromatic nitrogens is 3. The van der Waals surface area contributed by atoms with Crippen LogP contribution in [-0.4, -0.2) is 36.2 Å². The Kier molecular flexibility index (Phi) is 4.09. The van der Waals surface area contributed by atoms with Crippen LogP contribution in [-0.2, 0) is 0 Å². The van der Waals surface area contributed by atoms with Gasteiger partial charge in [0.25, 0.3) is 0 Å². The van der Waals surface area contributed by atoms with Gasteiger partial charge in [0.15, 0.2) is 5.82 Å². The maximum Gasteiger partial charge on any atom is 0.229 e. The molecule has 20 heavy (non-hydrogen) atoms. The van der Waals surface area contributed by atoms with Crippen molar-refractivity contribution in [2.45, 2.75) is 13.8 Å². The molecular formula is C14H17ClN4O. The fourth-order valence-corrected chi connectivity index (χ4v) is 2.04. The third-order valence-electron chi connectivity index (χ3n) is 3.12. The molecule has 0 aliphatic carbocycles. The molecule has 0 fully saturated rings. The van der Waals surface area contributed by atoms with Crippen LogP contribution in [0, 0.1) is 13.8 Å². The van der Waals surface area contributed by atoms with Crippen LogP contribution < -0.4 is 9.64 Å². The minimum Gasteiger partial charge on any atom is -0.496 e. The van der Waals surface area contributed by atoms with Crippen molar-refractivity contribution in [3.05, 3.63) is 28.5 Å². The number of benzene rings is 1. The van der Waals surface area contributed by atoms with Crippen molar-refractivity contribution in [3.63, 3.8) is 0 Å². The molecule has 1 aromatic carbocycles. The number of hydrogen-bond acceptors (Lipinski definition) is 5. The first-order valence-corrected chi connectivity index (χ1v) is 6.55. The molecule has 0 unspecified atom stereocenters. The molecule has 0 amide bonds. The highest BCUT2D eigenvalue weighted by Crippen LogP contribution is 2.33. The summed E-state index contributed by atoms with van der Waals surface area (Å²) in [4.78, 5) is 14.5. The zero-order valence-electron chi connectivity index (χ0n) is 12.2. The van der Waals surface area contributed by atoms with Gasteiger partial charge in [-0.3, -0.25) is 0 Å². The molecule has 6 heteroatoms. The topological polar surface area (TPSA) is 51.1 Å². The van der Waals surface area contributed by atoms with Crippen LogP contribution >= 0.6 is 11.6 Å². The second-order valence-corrected chi connectivity index (χ2v) is 5.05. The number of rotatable bonds is 3. The van der Waals surface area contributed by atoms with Crippen molar-refractivity contribution in [2.75, 3.05) is 26.1 Å². The van der Waals surface area contributed by atoms with Gasteiger partial charge in [-0.25, -0.2) is 0 Å². The lowest BCUT2D eigenvalue weighted by molar-refractivity contribution is 0.412. The third kappa shape index (κ3) is 2.67. The predicted octanol–water partition coefficient (Wildman–Crippen LogP) is 2.88. The summed E-state index contributed by atoms with van der Waals surface area (Å²) < 4.78 is 5.49. The van der Waals surface area contributed by atoms with Crippen LogP contribution in [0.4, 0.5) is 5.95 Å². The van der Waals surface area contributed by atoms with Gasteiger partial charge in [-0.05, 0) is 42.6 Å². The Morgan fingerprint density at radius 3 is 2.40 bits per heavy atom. The molecule has 2 aromatic rings. The fraction of sp³-hybridized carbons (Fsp3) is 0.357. The van der Waals surface area contributed by atoms with Crippen molar-refractivity contribution in [1.29, 1.82) is 0 Å². The van der Waals surface area contributed by atoms with Crippen molar-refractivity contribution in [2.24, 2.45) is 0 Å². The molecule has 0 bridgehead atoms. The molecule has 0 aliphatic heterocycles. The Hall–Kier alpha value is -1.88. The number of halogens is 1. The third-order valence-corrected chi connectivity index (χ3v) is 3.29. The van der Waals surface area contributed by atoms with Gasteiger partial charge >= 0.3 is 0 Å². The molecule has 0 aliphatic rings. The summed E-state index contributed by atoms with van der Waals surface area (Å²) >= 11 is 5.98. The molecule has 106 valence electrons. The smallest absolute Gasteiger partial charge is 0.229 e. The van der Waals surface area contributed by atoms with Gasteiger partial charge in [-0.15, -0.1) is 0 Å². The van der Waals surface area contributed by atoms with Gasteiger partial charge in [-0.2, -0.15) is 15.0 Å². The van der Waals surface area contributed by atoms with Gasteiger partial charge in [0.1, 0.15) is 5.75 Å². The van der Waals surface area contributed by atoms with Crippen molar-refractivity contribution >= 4 is 17.5 Å². The normalized spacial score (nSPS) is 10.5. The quantitative estimate of drug-likeness (QED) is 0.870. The molecular weight excluding hydrogens is 276 g/mol. The van der Waals surface area contributed by atoms with Crippen LogP contribution in [0.2, 0.25) is 5.28 Å². The first kappa shape index (κ1) is 14.5. The van der Waals surface area contributed by atoms with E-state index in [1.54, 1.807) is 12.0 Å². The first-order chi connectivity index (χ1) is 9.43. The van der Waals surface area contributed by atoms with E-state index in [0.717, 1.165) is 22.4 Å². The maximum absolute atomic E-state index is 5.98. The molecule has 2 rings (SSSR count). The Bertz CT molecular complexity index is 643. The van der Waals surface area contributed by atoms with E-state index in [1.165, 1.54) is 0 Å². The molecule has 0 atom stereocenters. The molecule has 0 radical (unpaired) electrons. The van der Waals surface area contributed by atoms with Crippen LogP contribution in [0.3, 0.4) is 0 Å². The summed E-state index contributed by atoms with van der Waals surface area (Å²) in [6.07, 6.45) is 0. The highest BCUT2D eigenvalue weighted by molar-refractivity contribution is 6.28. The predicted molar refractivity (Wildman–Crippen MR) is 80.6 cm³/mol. The minimum absolute atomic E-state index is 0.166. The molecule has 0 spiro atoms. The van der Waals surface area contributed by atoms with Gasteiger partial charge < -0.3 is 9.64 Å². The van der Waals surface area contributed by atoms with Gasteiger partial charge in [0, 0.05) is 14.1 Å². The Morgan fingerprint density at radius 2 is 1.80 bits per heavy atom. The van der Waals surface area contributed by atoms with Crippen LogP contribution in [0.1, 0.15) is 11.1 Å². The van der Waals surface area contributed by atoms with E-state index in [4.69, 9.17) is 16.3 Å². The van der Waals surface area contributed by atoms with E-state index in [2.05, 4.69) is 15.0 Å². The summed E-state index contributed by atoms with van der Waals surface area (Å²) in [7, 11) is 5.35. The molecule has 0 saturated carbocycles. The van der Waals surface area contributed by atoms with Crippen molar-refractivity contribution in [1.82, 2.24) is 15.0 Å². The van der Waals surface area contributed by atoms with Crippen LogP contribution in [0.5, 0.6) is 5.75 Å². The Morgan fingerprint density at radius 1 is 1.10 bits per heavy atom. The molecule has 1 heterocycles. The molecule has 1 aromatic heterocycles. The SMILES string of the molecule is COc1c(-c2nc(Cl)nc(N(C)C)n2)ccc(C)c1C. The summed E-state index contributed by atoms with van der Waals surface area (Å²) in [5, 5.41) is 0.166. The Balaban J connectivity index is 2.65. The van der Waals surface area contributed by atoms with E-state index < -0.39 is 0 Å². The highest BCUT2D eigenvalue weighted by Gasteiger charge is 2.15. The van der Waals surface area contributed by atoms with Gasteiger partial charge in [0.2, 0.25) is 11.2 Å². The van der Waals surface area contributed by atoms with E-state index in [1.807, 2.05) is 40.1 Å². The van der Waals surface area contributed by atoms with Crippen LogP contribution in [0.15, 0.2) is 12.1 Å². The zero-order valence-corrected chi connectivity index (χ0v) is 13.0. The number of ether oxygens (including phenoxy) is 1. The van der Waals surface area contributed by atoms with E-state index >= 15 is 0 Å². The van der Waals surface area contributed by atoms with Crippen molar-refractivity contribution in [3.8, 4) is 17.1 Å². The average Bonchev–Trinajstić information content (AvgIpc) is 2.40. The number of methoxy groups -OCH3 is 1. The van der Waals surface area contributed by atoms with Gasteiger partial charge in [-0.1, -0.05) is 6.07 Å². The summed E-state index contributed by atoms with van der Waals surface area (Å²) in [5.74, 6) is 1.78. The molecule has 0 saturated heterocycles. The Labute approximate surface area is 123 Å². The lowest BCUT2D eigenvalue weighted by Crippen LogP contribution is -2.14. The second kappa shape index (κ2) is 5.63. The maximum atomic E-state index is 5.98. The number of hydrogen-bond donors (Lipinski definition) is 0. The highest BCUT2D eigenvalue weighted by atomic mass is 35.5. The van der Waals surface area contributed by atoms with E-state index in [0.29, 0.717) is 11.8 Å². The molecule has 5 nitrogen and oxygen atoms in total. The summed E-state index contributed by atoms with van der Waals surface area (Å²) in [6.45, 7) is 4.04. The average molecular weight is 293 g/mol. The first-order valence-electron chi connectivity index (χ1n) is 6.17. The van der Waals surface area contributed by atoms with Crippen molar-refractivity contribution < 1.29 is 4.74 Å².